The molecule has 0 radical (unpaired) electrons. The molecular weight excluding hydrogens is 485 g/mol. The number of benzene rings is 2. The van der Waals surface area contributed by atoms with E-state index < -0.39 is 11.9 Å². The van der Waals surface area contributed by atoms with Crippen molar-refractivity contribution in [3.63, 3.8) is 0 Å². The second-order valence-corrected chi connectivity index (χ2v) is 8.99. The second-order valence-electron chi connectivity index (χ2n) is 8.99. The molecule has 38 heavy (non-hydrogen) atoms. The summed E-state index contributed by atoms with van der Waals surface area (Å²) in [6.45, 7) is 3.81. The Morgan fingerprint density at radius 2 is 1.89 bits per heavy atom. The van der Waals surface area contributed by atoms with Gasteiger partial charge in [0.15, 0.2) is 5.82 Å². The van der Waals surface area contributed by atoms with Crippen molar-refractivity contribution in [3.8, 4) is 22.6 Å². The Morgan fingerprint density at radius 1 is 1.08 bits per heavy atom. The summed E-state index contributed by atoms with van der Waals surface area (Å²) in [6.07, 6.45) is 5.03. The van der Waals surface area contributed by atoms with Gasteiger partial charge in [-0.3, -0.25) is 9.36 Å². The van der Waals surface area contributed by atoms with Gasteiger partial charge in [-0.05, 0) is 49.7 Å². The highest BCUT2D eigenvalue weighted by atomic mass is 19.1. The molecule has 1 atom stereocenters. The van der Waals surface area contributed by atoms with Gasteiger partial charge in [-0.2, -0.15) is 5.10 Å². The highest BCUT2D eigenvalue weighted by Crippen LogP contribution is 2.38. The van der Waals surface area contributed by atoms with Crippen LogP contribution < -0.4 is 15.6 Å². The zero-order valence-electron chi connectivity index (χ0n) is 20.9. The molecule has 0 aliphatic rings. The van der Waals surface area contributed by atoms with Crippen molar-refractivity contribution in [1.29, 1.82) is 0 Å². The zero-order chi connectivity index (χ0) is 26.4. The number of rotatable bonds is 6. The van der Waals surface area contributed by atoms with Crippen LogP contribution >= 0.6 is 0 Å². The summed E-state index contributed by atoms with van der Waals surface area (Å²) >= 11 is 0. The van der Waals surface area contributed by atoms with E-state index in [4.69, 9.17) is 9.84 Å². The average Bonchev–Trinajstić information content (AvgIpc) is 3.53. The van der Waals surface area contributed by atoms with Gasteiger partial charge in [0.05, 0.1) is 24.2 Å². The van der Waals surface area contributed by atoms with E-state index in [0.29, 0.717) is 45.2 Å². The number of para-hydroxylation sites is 1. The molecule has 2 aromatic carbocycles. The first kappa shape index (κ1) is 23.4. The molecule has 0 aliphatic heterocycles. The van der Waals surface area contributed by atoms with Gasteiger partial charge in [-0.25, -0.2) is 18.9 Å². The quantitative estimate of drug-likeness (QED) is 0.326. The Hall–Kier alpha value is -4.99. The van der Waals surface area contributed by atoms with Gasteiger partial charge in [-0.1, -0.05) is 18.2 Å². The minimum Gasteiger partial charge on any atom is -0.496 e. The van der Waals surface area contributed by atoms with Crippen molar-refractivity contribution in [1.82, 2.24) is 29.1 Å². The van der Waals surface area contributed by atoms with Crippen LogP contribution in [-0.4, -0.2) is 36.2 Å². The molecule has 10 heteroatoms. The highest BCUT2D eigenvalue weighted by molar-refractivity contribution is 6.02. The maximum absolute atomic E-state index is 13.9. The number of methoxy groups -OCH3 is 1. The third-order valence-electron chi connectivity index (χ3n) is 6.59. The molecule has 0 bridgehead atoms. The summed E-state index contributed by atoms with van der Waals surface area (Å²) < 4.78 is 22.6. The lowest BCUT2D eigenvalue weighted by Crippen LogP contribution is -2.29. The summed E-state index contributed by atoms with van der Waals surface area (Å²) in [5, 5.41) is 8.96. The van der Waals surface area contributed by atoms with E-state index in [2.05, 4.69) is 20.3 Å². The van der Waals surface area contributed by atoms with Gasteiger partial charge in [0, 0.05) is 29.6 Å². The van der Waals surface area contributed by atoms with E-state index >= 15 is 0 Å². The lowest BCUT2D eigenvalue weighted by Gasteiger charge is -2.20. The molecule has 4 heterocycles. The van der Waals surface area contributed by atoms with Crippen molar-refractivity contribution < 1.29 is 9.13 Å². The fourth-order valence-corrected chi connectivity index (χ4v) is 4.78. The maximum atomic E-state index is 13.9. The van der Waals surface area contributed by atoms with Gasteiger partial charge in [0.1, 0.15) is 34.9 Å². The molecule has 0 aliphatic carbocycles. The van der Waals surface area contributed by atoms with E-state index in [-0.39, 0.29) is 5.56 Å². The fraction of sp³-hybridized carbons (Fsp3) is 0.143. The number of aromatic nitrogens is 6. The normalized spacial score (nSPS) is 12.2. The topological polar surface area (TPSA) is 102 Å². The standard InChI is InChI=1S/C28H24FN7O2/c1-16-11-12-35-24(16)28(37)36(19-7-5-4-6-8-19)27(34-35)17(2)33-26-23-21(14-30-25(23)31-15-32-26)20-10-9-18(29)13-22(20)38-3/h4-15,17H,1-3H3,(H2,30,31,32,33). The number of H-pyrrole nitrogens is 1. The van der Waals surface area contributed by atoms with Gasteiger partial charge in [-0.15, -0.1) is 0 Å². The molecule has 0 fully saturated rings. The molecular formula is C28H24FN7O2. The molecule has 9 nitrogen and oxygen atoms in total. The number of hydrogen-bond acceptors (Lipinski definition) is 6. The van der Waals surface area contributed by atoms with Crippen LogP contribution in [0.5, 0.6) is 5.75 Å². The molecule has 1 unspecified atom stereocenters. The van der Waals surface area contributed by atoms with E-state index in [0.717, 1.165) is 11.1 Å². The first-order valence-corrected chi connectivity index (χ1v) is 12.0. The van der Waals surface area contributed by atoms with Crippen LogP contribution in [0.25, 0.3) is 33.4 Å². The number of nitrogens with one attached hydrogen (secondary N) is 2. The lowest BCUT2D eigenvalue weighted by atomic mass is 10.0. The van der Waals surface area contributed by atoms with E-state index in [1.165, 1.54) is 25.6 Å². The molecule has 0 amide bonds. The van der Waals surface area contributed by atoms with Crippen molar-refractivity contribution in [2.24, 2.45) is 0 Å². The molecule has 0 saturated carbocycles. The van der Waals surface area contributed by atoms with Gasteiger partial charge in [0.2, 0.25) is 0 Å². The Balaban J connectivity index is 1.50. The Bertz CT molecular complexity index is 1860. The maximum Gasteiger partial charge on any atom is 0.282 e. The number of ether oxygens (including phenoxy) is 1. The van der Waals surface area contributed by atoms with Crippen molar-refractivity contribution >= 4 is 22.4 Å². The van der Waals surface area contributed by atoms with Crippen LogP contribution in [0.15, 0.2) is 78.1 Å². The summed E-state index contributed by atoms with van der Waals surface area (Å²) in [5.41, 5.74) is 3.95. The predicted octanol–water partition coefficient (Wildman–Crippen LogP) is 5.05. The molecule has 2 N–H and O–H groups in total. The van der Waals surface area contributed by atoms with Crippen LogP contribution in [0.3, 0.4) is 0 Å². The summed E-state index contributed by atoms with van der Waals surface area (Å²) in [5.74, 6) is 1.03. The fourth-order valence-electron chi connectivity index (χ4n) is 4.78. The molecule has 0 spiro atoms. The number of aromatic amines is 1. The highest BCUT2D eigenvalue weighted by Gasteiger charge is 2.22. The van der Waals surface area contributed by atoms with Crippen molar-refractivity contribution in [2.75, 3.05) is 12.4 Å². The van der Waals surface area contributed by atoms with E-state index in [1.807, 2.05) is 50.2 Å². The third-order valence-corrected chi connectivity index (χ3v) is 6.59. The van der Waals surface area contributed by atoms with Crippen LogP contribution in [0, 0.1) is 12.7 Å². The Kier molecular flexibility index (Phi) is 5.64. The number of anilines is 1. The molecule has 0 saturated heterocycles. The summed E-state index contributed by atoms with van der Waals surface area (Å²) in [6, 6.07) is 15.2. The monoisotopic (exact) mass is 509 g/mol. The van der Waals surface area contributed by atoms with Gasteiger partial charge >= 0.3 is 0 Å². The van der Waals surface area contributed by atoms with E-state index in [9.17, 15) is 9.18 Å². The first-order valence-electron chi connectivity index (χ1n) is 12.0. The first-order chi connectivity index (χ1) is 18.5. The number of aryl methyl sites for hydroxylation is 1. The molecule has 4 aromatic heterocycles. The SMILES string of the molecule is COc1cc(F)ccc1-c1c[nH]c2ncnc(NC(C)c3nn4ccc(C)c4c(=O)n3-c3ccccc3)c12. The van der Waals surface area contributed by atoms with E-state index in [1.54, 1.807) is 27.5 Å². The smallest absolute Gasteiger partial charge is 0.282 e. The van der Waals surface area contributed by atoms with Gasteiger partial charge in [0.25, 0.3) is 5.56 Å². The Labute approximate surface area is 216 Å². The second kappa shape index (κ2) is 9.15. The zero-order valence-corrected chi connectivity index (χ0v) is 20.9. The van der Waals surface area contributed by atoms with Crippen LogP contribution in [0.2, 0.25) is 0 Å². The molecule has 6 aromatic rings. The van der Waals surface area contributed by atoms with Gasteiger partial charge < -0.3 is 15.0 Å². The van der Waals surface area contributed by atoms with Crippen LogP contribution in [0.1, 0.15) is 24.4 Å². The summed E-state index contributed by atoms with van der Waals surface area (Å²) in [4.78, 5) is 25.7. The number of nitrogens with zero attached hydrogens (tertiary/aromatic N) is 5. The average molecular weight is 510 g/mol. The largest absolute Gasteiger partial charge is 0.496 e. The van der Waals surface area contributed by atoms with Crippen LogP contribution in [0.4, 0.5) is 10.2 Å². The van der Waals surface area contributed by atoms with Crippen LogP contribution in [-0.2, 0) is 0 Å². The minimum absolute atomic E-state index is 0.163. The minimum atomic E-state index is -0.439. The number of halogens is 1. The lowest BCUT2D eigenvalue weighted by molar-refractivity contribution is 0.413. The van der Waals surface area contributed by atoms with Crippen molar-refractivity contribution in [3.05, 3.63) is 101 Å². The van der Waals surface area contributed by atoms with Crippen molar-refractivity contribution in [2.45, 2.75) is 19.9 Å². The summed E-state index contributed by atoms with van der Waals surface area (Å²) in [7, 11) is 1.50. The number of hydrogen-bond donors (Lipinski definition) is 2. The number of fused-ring (bicyclic) bond motifs is 2. The molecule has 190 valence electrons. The molecule has 6 rings (SSSR count). The third kappa shape index (κ3) is 3.78. The predicted molar refractivity (Wildman–Crippen MR) is 143 cm³/mol. The Morgan fingerprint density at radius 3 is 2.68 bits per heavy atom.